The summed E-state index contributed by atoms with van der Waals surface area (Å²) in [5, 5.41) is 13.7. The number of carbonyl (C=O) groups excluding carboxylic acids is 1. The molecule has 0 spiro atoms. The molecule has 1 saturated heterocycles. The van der Waals surface area contributed by atoms with E-state index in [0.717, 1.165) is 25.3 Å². The molecule has 4 aromatic rings. The molecule has 1 aromatic carbocycles. The maximum Gasteiger partial charge on any atom is 0.184 e. The van der Waals surface area contributed by atoms with Gasteiger partial charge >= 0.3 is 0 Å². The van der Waals surface area contributed by atoms with Crippen LogP contribution in [0.15, 0.2) is 42.9 Å². The zero-order valence-corrected chi connectivity index (χ0v) is 22.8. The molecule has 12 heteroatoms. The molecule has 0 amide bonds. The molecule has 1 aliphatic heterocycles. The summed E-state index contributed by atoms with van der Waals surface area (Å²) in [6.45, 7) is 4.88. The Morgan fingerprint density at radius 3 is 2.59 bits per heavy atom. The normalized spacial score (nSPS) is 13.6. The van der Waals surface area contributed by atoms with Gasteiger partial charge in [-0.1, -0.05) is 13.0 Å². The molecule has 3 N–H and O–H groups in total. The van der Waals surface area contributed by atoms with Gasteiger partial charge in [0, 0.05) is 45.4 Å². The number of anilines is 4. The van der Waals surface area contributed by atoms with Gasteiger partial charge < -0.3 is 10.1 Å². The summed E-state index contributed by atoms with van der Waals surface area (Å²) in [4.78, 5) is 24.2. The number of nitrogens with two attached hydrogens (primary N) is 1. The Labute approximate surface area is 227 Å². The fourth-order valence-corrected chi connectivity index (χ4v) is 4.83. The number of hydrogen-bond donors (Lipinski definition) is 2. The number of rotatable bonds is 10. The number of nitrogens with zero attached hydrogens (tertiary/aromatic N) is 8. The standard InChI is InChI=1S/C27H34N10O2/c1-5-23(38)20-15-29-24(31-25-13-18(35(3)32-25)16-36-11-6-7-12-36)14-22(20)37(28)21-10-8-9-19(26(21)39-4)27-30-17-34(2)33-27/h8-10,13-15,17H,5-7,11-12,16,28H2,1-4H3,(H,29,31,32). The molecule has 0 radical (unpaired) electrons. The average molecular weight is 531 g/mol. The molecular formula is C27H34N10O2. The molecule has 3 aromatic heterocycles. The lowest BCUT2D eigenvalue weighted by Crippen LogP contribution is -2.28. The van der Waals surface area contributed by atoms with Gasteiger partial charge in [-0.05, 0) is 38.1 Å². The van der Waals surface area contributed by atoms with E-state index in [4.69, 9.17) is 10.6 Å². The minimum atomic E-state index is -0.0771. The van der Waals surface area contributed by atoms with Gasteiger partial charge in [0.15, 0.2) is 23.2 Å². The summed E-state index contributed by atoms with van der Waals surface area (Å²) in [7, 11) is 5.31. The number of hydrazine groups is 1. The summed E-state index contributed by atoms with van der Waals surface area (Å²) >= 11 is 0. The van der Waals surface area contributed by atoms with Crippen LogP contribution in [0.25, 0.3) is 11.4 Å². The number of ketones is 1. The molecular weight excluding hydrogens is 496 g/mol. The van der Waals surface area contributed by atoms with Crippen LogP contribution in [-0.2, 0) is 20.6 Å². The number of pyridine rings is 1. The molecule has 0 saturated carbocycles. The highest BCUT2D eigenvalue weighted by atomic mass is 16.5. The molecule has 0 bridgehead atoms. The molecule has 1 fully saturated rings. The summed E-state index contributed by atoms with van der Waals surface area (Å²) in [6, 6.07) is 9.31. The summed E-state index contributed by atoms with van der Waals surface area (Å²) in [5.74, 6) is 8.80. The Bertz CT molecular complexity index is 1470. The topological polar surface area (TPSA) is 132 Å². The van der Waals surface area contributed by atoms with E-state index in [1.54, 1.807) is 37.4 Å². The van der Waals surface area contributed by atoms with E-state index in [9.17, 15) is 4.79 Å². The zero-order chi connectivity index (χ0) is 27.5. The molecule has 1 aliphatic rings. The van der Waals surface area contributed by atoms with Crippen molar-refractivity contribution in [3.05, 3.63) is 54.1 Å². The Morgan fingerprint density at radius 1 is 1.10 bits per heavy atom. The highest BCUT2D eigenvalue weighted by Crippen LogP contribution is 2.40. The van der Waals surface area contributed by atoms with Crippen molar-refractivity contribution in [1.82, 2.24) is 34.4 Å². The van der Waals surface area contributed by atoms with Crippen LogP contribution >= 0.6 is 0 Å². The summed E-state index contributed by atoms with van der Waals surface area (Å²) < 4.78 is 9.26. The molecule has 5 rings (SSSR count). The summed E-state index contributed by atoms with van der Waals surface area (Å²) in [5.41, 5.74) is 3.24. The van der Waals surface area contributed by atoms with Crippen molar-refractivity contribution in [2.45, 2.75) is 32.7 Å². The van der Waals surface area contributed by atoms with Crippen molar-refractivity contribution in [1.29, 1.82) is 0 Å². The Morgan fingerprint density at radius 2 is 1.90 bits per heavy atom. The van der Waals surface area contributed by atoms with Crippen molar-refractivity contribution in [3.63, 3.8) is 0 Å². The number of para-hydroxylation sites is 1. The molecule has 204 valence electrons. The zero-order valence-electron chi connectivity index (χ0n) is 22.8. The first kappa shape index (κ1) is 26.3. The van der Waals surface area contributed by atoms with E-state index >= 15 is 0 Å². The van der Waals surface area contributed by atoms with Crippen LogP contribution in [0.1, 0.15) is 42.2 Å². The second kappa shape index (κ2) is 11.2. The van der Waals surface area contributed by atoms with E-state index in [0.29, 0.717) is 52.1 Å². The number of aromatic nitrogens is 6. The monoisotopic (exact) mass is 530 g/mol. The fourth-order valence-electron chi connectivity index (χ4n) is 4.83. The smallest absolute Gasteiger partial charge is 0.184 e. The number of methoxy groups -OCH3 is 1. The number of carbonyl (C=O) groups is 1. The first-order valence-electron chi connectivity index (χ1n) is 13.0. The Hall–Kier alpha value is -4.29. The number of Topliss-reactive ketones (excluding diaryl/α,β-unsaturated/α-hetero) is 1. The molecule has 0 aliphatic carbocycles. The maximum atomic E-state index is 12.9. The van der Waals surface area contributed by atoms with Gasteiger partial charge in [0.05, 0.1) is 29.6 Å². The third kappa shape index (κ3) is 5.47. The fraction of sp³-hybridized carbons (Fsp3) is 0.370. The van der Waals surface area contributed by atoms with Crippen molar-refractivity contribution in [2.75, 3.05) is 30.5 Å². The van der Waals surface area contributed by atoms with Crippen LogP contribution in [-0.4, -0.2) is 60.4 Å². The minimum absolute atomic E-state index is 0.0771. The van der Waals surface area contributed by atoms with Gasteiger partial charge in [-0.15, -0.1) is 0 Å². The van der Waals surface area contributed by atoms with E-state index in [-0.39, 0.29) is 5.78 Å². The average Bonchev–Trinajstić information content (AvgIpc) is 3.70. The van der Waals surface area contributed by atoms with E-state index in [1.165, 1.54) is 17.9 Å². The summed E-state index contributed by atoms with van der Waals surface area (Å²) in [6.07, 6.45) is 5.95. The predicted molar refractivity (Wildman–Crippen MR) is 149 cm³/mol. The van der Waals surface area contributed by atoms with Crippen molar-refractivity contribution >= 4 is 28.8 Å². The number of ether oxygens (including phenoxy) is 1. The van der Waals surface area contributed by atoms with Gasteiger partial charge in [-0.25, -0.2) is 15.8 Å². The molecule has 39 heavy (non-hydrogen) atoms. The quantitative estimate of drug-likeness (QED) is 0.178. The SMILES string of the molecule is CCC(=O)c1cnc(Nc2cc(CN3CCCC3)n(C)n2)cc1N(N)c1cccc(-c2ncn(C)n2)c1OC. The van der Waals surface area contributed by atoms with Crippen molar-refractivity contribution in [2.24, 2.45) is 19.9 Å². The van der Waals surface area contributed by atoms with Gasteiger partial charge in [0.2, 0.25) is 0 Å². The third-order valence-electron chi connectivity index (χ3n) is 6.88. The molecule has 0 atom stereocenters. The van der Waals surface area contributed by atoms with Crippen molar-refractivity contribution in [3.8, 4) is 17.1 Å². The molecule has 4 heterocycles. The second-order valence-electron chi connectivity index (χ2n) is 9.59. The Balaban J connectivity index is 1.48. The number of aryl methyl sites for hydroxylation is 2. The number of nitrogens with one attached hydrogen (secondary N) is 1. The van der Waals surface area contributed by atoms with Crippen molar-refractivity contribution < 1.29 is 9.53 Å². The highest BCUT2D eigenvalue weighted by molar-refractivity contribution is 6.02. The second-order valence-corrected chi connectivity index (χ2v) is 9.59. The van der Waals surface area contributed by atoms with E-state index in [1.807, 2.05) is 42.9 Å². The van der Waals surface area contributed by atoms with Gasteiger partial charge in [0.1, 0.15) is 17.8 Å². The minimum Gasteiger partial charge on any atom is -0.494 e. The van der Waals surface area contributed by atoms with Gasteiger partial charge in [-0.2, -0.15) is 10.2 Å². The highest BCUT2D eigenvalue weighted by Gasteiger charge is 2.23. The van der Waals surface area contributed by atoms with Gasteiger partial charge in [0.25, 0.3) is 0 Å². The molecule has 12 nitrogen and oxygen atoms in total. The van der Waals surface area contributed by atoms with E-state index in [2.05, 4.69) is 30.4 Å². The lowest BCUT2D eigenvalue weighted by molar-refractivity contribution is 0.0988. The Kier molecular flexibility index (Phi) is 7.57. The first-order valence-corrected chi connectivity index (χ1v) is 13.0. The largest absolute Gasteiger partial charge is 0.494 e. The lowest BCUT2D eigenvalue weighted by Gasteiger charge is -2.24. The van der Waals surface area contributed by atoms with Crippen LogP contribution in [0.2, 0.25) is 0 Å². The number of likely N-dealkylation sites (tertiary alicyclic amines) is 1. The lowest BCUT2D eigenvalue weighted by atomic mass is 10.1. The van der Waals surface area contributed by atoms with Crippen LogP contribution in [0, 0.1) is 0 Å². The predicted octanol–water partition coefficient (Wildman–Crippen LogP) is 3.56. The molecule has 0 unspecified atom stereocenters. The van der Waals surface area contributed by atoms with E-state index < -0.39 is 0 Å². The maximum absolute atomic E-state index is 12.9. The van der Waals surface area contributed by atoms with Gasteiger partial charge in [-0.3, -0.25) is 24.1 Å². The third-order valence-corrected chi connectivity index (χ3v) is 6.88. The van der Waals surface area contributed by atoms with Crippen LogP contribution < -0.4 is 20.9 Å². The van der Waals surface area contributed by atoms with Crippen LogP contribution in [0.5, 0.6) is 5.75 Å². The number of hydrogen-bond acceptors (Lipinski definition) is 10. The number of benzene rings is 1. The first-order chi connectivity index (χ1) is 18.9. The van der Waals surface area contributed by atoms with Crippen LogP contribution in [0.3, 0.4) is 0 Å². The van der Waals surface area contributed by atoms with Crippen LogP contribution in [0.4, 0.5) is 23.0 Å².